The highest BCUT2D eigenvalue weighted by Gasteiger charge is 2.15. The first kappa shape index (κ1) is 16.0. The van der Waals surface area contributed by atoms with Gasteiger partial charge in [0.1, 0.15) is 0 Å². The molecule has 3 rings (SSSR count). The van der Waals surface area contributed by atoms with E-state index in [9.17, 15) is 9.90 Å². The van der Waals surface area contributed by atoms with E-state index in [1.54, 1.807) is 12.1 Å². The third kappa shape index (κ3) is 3.72. The second-order valence-corrected chi connectivity index (χ2v) is 5.95. The van der Waals surface area contributed by atoms with Gasteiger partial charge in [0.2, 0.25) is 0 Å². The Morgan fingerprint density at radius 1 is 1.17 bits per heavy atom. The molecule has 120 valence electrons. The molecule has 4 nitrogen and oxygen atoms in total. The number of carboxylic acids is 1. The van der Waals surface area contributed by atoms with Gasteiger partial charge in [-0.1, -0.05) is 41.9 Å². The van der Waals surface area contributed by atoms with Gasteiger partial charge in [0.15, 0.2) is 0 Å². The zero-order valence-corrected chi connectivity index (χ0v) is 13.4. The van der Waals surface area contributed by atoms with Crippen molar-refractivity contribution in [2.24, 2.45) is 0 Å². The Morgan fingerprint density at radius 2 is 1.91 bits per heavy atom. The minimum Gasteiger partial charge on any atom is -0.478 e. The van der Waals surface area contributed by atoms with Crippen LogP contribution in [-0.4, -0.2) is 42.3 Å². The minimum absolute atomic E-state index is 0.130. The largest absolute Gasteiger partial charge is 0.478 e. The van der Waals surface area contributed by atoms with Crippen LogP contribution in [-0.2, 0) is 11.3 Å². The maximum atomic E-state index is 11.3. The van der Waals surface area contributed by atoms with Gasteiger partial charge in [-0.05, 0) is 28.8 Å². The lowest BCUT2D eigenvalue weighted by Crippen LogP contribution is -2.35. The molecule has 1 N–H and O–H groups in total. The zero-order chi connectivity index (χ0) is 16.2. The molecule has 0 amide bonds. The first-order valence-electron chi connectivity index (χ1n) is 7.56. The maximum Gasteiger partial charge on any atom is 0.337 e. The van der Waals surface area contributed by atoms with Gasteiger partial charge in [0, 0.05) is 19.6 Å². The summed E-state index contributed by atoms with van der Waals surface area (Å²) < 4.78 is 5.39. The molecule has 1 heterocycles. The van der Waals surface area contributed by atoms with Gasteiger partial charge in [-0.25, -0.2) is 4.79 Å². The number of aromatic carboxylic acids is 1. The molecule has 0 aliphatic carbocycles. The van der Waals surface area contributed by atoms with Crippen LogP contribution in [0.3, 0.4) is 0 Å². The molecule has 23 heavy (non-hydrogen) atoms. The van der Waals surface area contributed by atoms with E-state index in [0.717, 1.165) is 44.0 Å². The van der Waals surface area contributed by atoms with Gasteiger partial charge in [-0.2, -0.15) is 0 Å². The molecule has 0 bridgehead atoms. The fraction of sp³-hybridized carbons (Fsp3) is 0.278. The van der Waals surface area contributed by atoms with E-state index < -0.39 is 5.97 Å². The second kappa shape index (κ2) is 7.13. The fourth-order valence-electron chi connectivity index (χ4n) is 2.80. The highest BCUT2D eigenvalue weighted by Crippen LogP contribution is 2.28. The van der Waals surface area contributed by atoms with Gasteiger partial charge in [0.05, 0.1) is 23.8 Å². The number of benzene rings is 2. The van der Waals surface area contributed by atoms with E-state index in [1.165, 1.54) is 5.56 Å². The Balaban J connectivity index is 1.93. The van der Waals surface area contributed by atoms with Crippen LogP contribution in [0.4, 0.5) is 0 Å². The standard InChI is InChI=1S/C18H18ClNO3/c19-17-6-5-13(11-16(17)18(21)22)15-4-2-1-3-14(15)12-20-7-9-23-10-8-20/h1-6,11H,7-10,12H2,(H,21,22). The topological polar surface area (TPSA) is 49.8 Å². The number of hydrogen-bond donors (Lipinski definition) is 1. The quantitative estimate of drug-likeness (QED) is 0.931. The predicted octanol–water partition coefficient (Wildman–Crippen LogP) is 3.54. The van der Waals surface area contributed by atoms with Gasteiger partial charge >= 0.3 is 5.97 Å². The highest BCUT2D eigenvalue weighted by atomic mass is 35.5. The first-order chi connectivity index (χ1) is 11.1. The van der Waals surface area contributed by atoms with E-state index in [2.05, 4.69) is 11.0 Å². The molecule has 0 radical (unpaired) electrons. The van der Waals surface area contributed by atoms with Crippen LogP contribution in [0, 0.1) is 0 Å². The van der Waals surface area contributed by atoms with Crippen molar-refractivity contribution in [3.8, 4) is 11.1 Å². The zero-order valence-electron chi connectivity index (χ0n) is 12.7. The van der Waals surface area contributed by atoms with Crippen molar-refractivity contribution in [1.29, 1.82) is 0 Å². The molecular weight excluding hydrogens is 314 g/mol. The fourth-order valence-corrected chi connectivity index (χ4v) is 3.00. The molecule has 1 aliphatic rings. The summed E-state index contributed by atoms with van der Waals surface area (Å²) in [5.74, 6) is -1.01. The molecule has 1 fully saturated rings. The molecule has 2 aromatic carbocycles. The summed E-state index contributed by atoms with van der Waals surface area (Å²) in [5, 5.41) is 9.52. The van der Waals surface area contributed by atoms with Crippen LogP contribution in [0.15, 0.2) is 42.5 Å². The van der Waals surface area contributed by atoms with Crippen molar-refractivity contribution in [2.75, 3.05) is 26.3 Å². The van der Waals surface area contributed by atoms with Crippen LogP contribution in [0.25, 0.3) is 11.1 Å². The first-order valence-corrected chi connectivity index (χ1v) is 7.94. The minimum atomic E-state index is -1.01. The number of carbonyl (C=O) groups is 1. The second-order valence-electron chi connectivity index (χ2n) is 5.55. The van der Waals surface area contributed by atoms with Gasteiger partial charge < -0.3 is 9.84 Å². The van der Waals surface area contributed by atoms with Crippen LogP contribution < -0.4 is 0 Å². The Labute approximate surface area is 140 Å². The molecule has 0 atom stereocenters. The molecule has 0 unspecified atom stereocenters. The lowest BCUT2D eigenvalue weighted by molar-refractivity contribution is 0.0342. The molecule has 0 aromatic heterocycles. The number of halogens is 1. The summed E-state index contributed by atoms with van der Waals surface area (Å²) in [6.45, 7) is 4.16. The summed E-state index contributed by atoms with van der Waals surface area (Å²) in [4.78, 5) is 13.6. The average molecular weight is 332 g/mol. The van der Waals surface area contributed by atoms with Crippen molar-refractivity contribution in [3.63, 3.8) is 0 Å². The Bertz CT molecular complexity index is 711. The maximum absolute atomic E-state index is 11.3. The molecule has 0 spiro atoms. The number of rotatable bonds is 4. The summed E-state index contributed by atoms with van der Waals surface area (Å²) in [5.41, 5.74) is 3.22. The van der Waals surface area contributed by atoms with Gasteiger partial charge in [0.25, 0.3) is 0 Å². The average Bonchev–Trinajstić information content (AvgIpc) is 2.57. The molecular formula is C18H18ClNO3. The number of nitrogens with zero attached hydrogens (tertiary/aromatic N) is 1. The molecule has 2 aromatic rings. The summed E-state index contributed by atoms with van der Waals surface area (Å²) in [7, 11) is 0. The normalized spacial score (nSPS) is 15.5. The van der Waals surface area contributed by atoms with Crippen molar-refractivity contribution in [1.82, 2.24) is 4.90 Å². The molecule has 0 saturated carbocycles. The highest BCUT2D eigenvalue weighted by molar-refractivity contribution is 6.33. The van der Waals surface area contributed by atoms with Gasteiger partial charge in [-0.3, -0.25) is 4.90 Å². The van der Waals surface area contributed by atoms with Crippen LogP contribution in [0.5, 0.6) is 0 Å². The molecule has 5 heteroatoms. The number of hydrogen-bond acceptors (Lipinski definition) is 3. The van der Waals surface area contributed by atoms with Gasteiger partial charge in [-0.15, -0.1) is 0 Å². The monoisotopic (exact) mass is 331 g/mol. The number of ether oxygens (including phenoxy) is 1. The van der Waals surface area contributed by atoms with Crippen molar-refractivity contribution >= 4 is 17.6 Å². The van der Waals surface area contributed by atoms with E-state index in [4.69, 9.17) is 16.3 Å². The van der Waals surface area contributed by atoms with Crippen LogP contribution >= 0.6 is 11.6 Å². The summed E-state index contributed by atoms with van der Waals surface area (Å²) >= 11 is 5.97. The SMILES string of the molecule is O=C(O)c1cc(-c2ccccc2CN2CCOCC2)ccc1Cl. The number of morpholine rings is 1. The Morgan fingerprint density at radius 3 is 2.65 bits per heavy atom. The summed E-state index contributed by atoms with van der Waals surface area (Å²) in [6.07, 6.45) is 0. The Kier molecular flexibility index (Phi) is 4.96. The van der Waals surface area contributed by atoms with E-state index >= 15 is 0 Å². The number of carboxylic acid groups (broad SMARTS) is 1. The van der Waals surface area contributed by atoms with E-state index in [1.807, 2.05) is 24.3 Å². The van der Waals surface area contributed by atoms with Crippen LogP contribution in [0.1, 0.15) is 15.9 Å². The Hall–Kier alpha value is -1.88. The van der Waals surface area contributed by atoms with Crippen molar-refractivity contribution < 1.29 is 14.6 Å². The predicted molar refractivity (Wildman–Crippen MR) is 89.9 cm³/mol. The van der Waals surface area contributed by atoms with Crippen LogP contribution in [0.2, 0.25) is 5.02 Å². The van der Waals surface area contributed by atoms with E-state index in [0.29, 0.717) is 0 Å². The third-order valence-electron chi connectivity index (χ3n) is 4.02. The third-order valence-corrected chi connectivity index (χ3v) is 4.35. The lowest BCUT2D eigenvalue weighted by Gasteiger charge is -2.27. The lowest BCUT2D eigenvalue weighted by atomic mass is 9.97. The van der Waals surface area contributed by atoms with Crippen molar-refractivity contribution in [2.45, 2.75) is 6.54 Å². The molecule has 1 saturated heterocycles. The van der Waals surface area contributed by atoms with E-state index in [-0.39, 0.29) is 10.6 Å². The van der Waals surface area contributed by atoms with Crippen molar-refractivity contribution in [3.05, 3.63) is 58.6 Å². The summed E-state index contributed by atoms with van der Waals surface area (Å²) in [6, 6.07) is 13.2. The molecule has 1 aliphatic heterocycles. The smallest absolute Gasteiger partial charge is 0.337 e.